The normalized spacial score (nSPS) is 10.2. The van der Waals surface area contributed by atoms with Gasteiger partial charge in [0, 0.05) is 19.3 Å². The molecule has 5 heteroatoms. The average molecular weight is 238 g/mol. The Morgan fingerprint density at radius 1 is 1.47 bits per heavy atom. The number of carbonyl (C=O) groups is 1. The standard InChI is InChI=1S/C12H18N2O3/c1-2-3-7-14(8-9-15)11-10(12(16)17)5-4-6-13-11/h4-6,15H,2-3,7-9H2,1H3,(H,16,17). The maximum atomic E-state index is 11.1. The summed E-state index contributed by atoms with van der Waals surface area (Å²) < 4.78 is 0. The molecule has 0 spiro atoms. The van der Waals surface area contributed by atoms with Gasteiger partial charge in [-0.2, -0.15) is 0 Å². The van der Waals surface area contributed by atoms with E-state index in [2.05, 4.69) is 11.9 Å². The maximum Gasteiger partial charge on any atom is 0.339 e. The highest BCUT2D eigenvalue weighted by Crippen LogP contribution is 2.17. The second-order valence-electron chi connectivity index (χ2n) is 3.74. The van der Waals surface area contributed by atoms with E-state index in [1.54, 1.807) is 12.3 Å². The number of aliphatic hydroxyl groups is 1. The van der Waals surface area contributed by atoms with Crippen LogP contribution in [-0.4, -0.2) is 40.9 Å². The Morgan fingerprint density at radius 3 is 2.82 bits per heavy atom. The van der Waals surface area contributed by atoms with Gasteiger partial charge in [0.2, 0.25) is 0 Å². The largest absolute Gasteiger partial charge is 0.478 e. The minimum absolute atomic E-state index is 0.0145. The van der Waals surface area contributed by atoms with Crippen LogP contribution < -0.4 is 4.90 Å². The molecule has 1 rings (SSSR count). The predicted octanol–water partition coefficient (Wildman–Crippen LogP) is 1.38. The summed E-state index contributed by atoms with van der Waals surface area (Å²) in [4.78, 5) is 17.0. The van der Waals surface area contributed by atoms with Gasteiger partial charge in [-0.1, -0.05) is 13.3 Å². The quantitative estimate of drug-likeness (QED) is 0.750. The van der Waals surface area contributed by atoms with Crippen LogP contribution in [0, 0.1) is 0 Å². The summed E-state index contributed by atoms with van der Waals surface area (Å²) in [5.41, 5.74) is 0.178. The first-order chi connectivity index (χ1) is 8.20. The van der Waals surface area contributed by atoms with Crippen LogP contribution in [-0.2, 0) is 0 Å². The zero-order valence-electron chi connectivity index (χ0n) is 9.96. The van der Waals surface area contributed by atoms with E-state index in [4.69, 9.17) is 10.2 Å². The highest BCUT2D eigenvalue weighted by molar-refractivity contribution is 5.93. The molecule has 0 atom stereocenters. The SMILES string of the molecule is CCCCN(CCO)c1ncccc1C(=O)O. The summed E-state index contributed by atoms with van der Waals surface area (Å²) >= 11 is 0. The molecule has 1 heterocycles. The number of aromatic carboxylic acids is 1. The van der Waals surface area contributed by atoms with Crippen molar-refractivity contribution in [3.63, 3.8) is 0 Å². The van der Waals surface area contributed by atoms with Crippen molar-refractivity contribution < 1.29 is 15.0 Å². The van der Waals surface area contributed by atoms with Gasteiger partial charge >= 0.3 is 5.97 Å². The van der Waals surface area contributed by atoms with Gasteiger partial charge in [-0.3, -0.25) is 0 Å². The fourth-order valence-corrected chi connectivity index (χ4v) is 1.61. The number of hydrogen-bond acceptors (Lipinski definition) is 4. The average Bonchev–Trinajstić information content (AvgIpc) is 2.34. The van der Waals surface area contributed by atoms with Crippen molar-refractivity contribution in [1.82, 2.24) is 4.98 Å². The number of carboxylic acid groups (broad SMARTS) is 1. The molecule has 0 aliphatic rings. The number of pyridine rings is 1. The number of anilines is 1. The molecule has 0 bridgehead atoms. The first-order valence-electron chi connectivity index (χ1n) is 5.74. The van der Waals surface area contributed by atoms with E-state index in [1.165, 1.54) is 6.07 Å². The van der Waals surface area contributed by atoms with Gasteiger partial charge in [0.15, 0.2) is 0 Å². The molecule has 94 valence electrons. The Balaban J connectivity index is 2.95. The minimum Gasteiger partial charge on any atom is -0.478 e. The minimum atomic E-state index is -0.993. The first-order valence-corrected chi connectivity index (χ1v) is 5.74. The number of hydrogen-bond donors (Lipinski definition) is 2. The van der Waals surface area contributed by atoms with Gasteiger partial charge in [0.05, 0.1) is 6.61 Å². The van der Waals surface area contributed by atoms with Gasteiger partial charge in [0.1, 0.15) is 11.4 Å². The van der Waals surface area contributed by atoms with E-state index in [0.29, 0.717) is 18.9 Å². The van der Waals surface area contributed by atoms with Crippen LogP contribution in [0.3, 0.4) is 0 Å². The van der Waals surface area contributed by atoms with E-state index < -0.39 is 5.97 Å². The van der Waals surface area contributed by atoms with E-state index in [0.717, 1.165) is 12.8 Å². The molecular formula is C12H18N2O3. The number of unbranched alkanes of at least 4 members (excludes halogenated alkanes) is 1. The van der Waals surface area contributed by atoms with Crippen molar-refractivity contribution in [2.24, 2.45) is 0 Å². The fraction of sp³-hybridized carbons (Fsp3) is 0.500. The van der Waals surface area contributed by atoms with E-state index >= 15 is 0 Å². The van der Waals surface area contributed by atoms with Crippen LogP contribution in [0.2, 0.25) is 0 Å². The van der Waals surface area contributed by atoms with Gasteiger partial charge in [0.25, 0.3) is 0 Å². The Morgan fingerprint density at radius 2 is 2.24 bits per heavy atom. The molecule has 17 heavy (non-hydrogen) atoms. The molecule has 0 aromatic carbocycles. The van der Waals surface area contributed by atoms with Gasteiger partial charge < -0.3 is 15.1 Å². The molecule has 2 N–H and O–H groups in total. The molecule has 0 amide bonds. The van der Waals surface area contributed by atoms with E-state index in [9.17, 15) is 4.79 Å². The fourth-order valence-electron chi connectivity index (χ4n) is 1.61. The lowest BCUT2D eigenvalue weighted by molar-refractivity contribution is 0.0697. The van der Waals surface area contributed by atoms with Crippen LogP contribution in [0.25, 0.3) is 0 Å². The van der Waals surface area contributed by atoms with Crippen LogP contribution in [0.15, 0.2) is 18.3 Å². The van der Waals surface area contributed by atoms with Crippen LogP contribution in [0.4, 0.5) is 5.82 Å². The summed E-state index contributed by atoms with van der Waals surface area (Å²) in [6.07, 6.45) is 3.52. The Labute approximate surface area is 101 Å². The van der Waals surface area contributed by atoms with Gasteiger partial charge in [-0.25, -0.2) is 9.78 Å². The molecule has 0 saturated heterocycles. The van der Waals surface area contributed by atoms with Crippen molar-refractivity contribution in [1.29, 1.82) is 0 Å². The third kappa shape index (κ3) is 3.71. The molecule has 0 aliphatic carbocycles. The highest BCUT2D eigenvalue weighted by atomic mass is 16.4. The second kappa shape index (κ2) is 6.85. The maximum absolute atomic E-state index is 11.1. The summed E-state index contributed by atoms with van der Waals surface area (Å²) in [6, 6.07) is 3.13. The second-order valence-corrected chi connectivity index (χ2v) is 3.74. The zero-order chi connectivity index (χ0) is 12.7. The number of aromatic nitrogens is 1. The summed E-state index contributed by atoms with van der Waals surface area (Å²) in [5, 5.41) is 18.1. The van der Waals surface area contributed by atoms with Crippen LogP contribution >= 0.6 is 0 Å². The molecular weight excluding hydrogens is 220 g/mol. The number of aliphatic hydroxyl groups excluding tert-OH is 1. The monoisotopic (exact) mass is 238 g/mol. The summed E-state index contributed by atoms with van der Waals surface area (Å²) in [5.74, 6) is -0.560. The molecule has 5 nitrogen and oxygen atoms in total. The van der Waals surface area contributed by atoms with Crippen LogP contribution in [0.5, 0.6) is 0 Å². The van der Waals surface area contributed by atoms with Crippen molar-refractivity contribution in [3.8, 4) is 0 Å². The Hall–Kier alpha value is -1.62. The Kier molecular flexibility index (Phi) is 5.42. The molecule has 0 radical (unpaired) electrons. The molecule has 1 aromatic heterocycles. The molecule has 0 saturated carbocycles. The third-order valence-corrected chi connectivity index (χ3v) is 2.47. The van der Waals surface area contributed by atoms with E-state index in [1.807, 2.05) is 4.90 Å². The van der Waals surface area contributed by atoms with Crippen LogP contribution in [0.1, 0.15) is 30.1 Å². The smallest absolute Gasteiger partial charge is 0.339 e. The third-order valence-electron chi connectivity index (χ3n) is 2.47. The highest BCUT2D eigenvalue weighted by Gasteiger charge is 2.16. The van der Waals surface area contributed by atoms with Crippen molar-refractivity contribution in [2.75, 3.05) is 24.6 Å². The van der Waals surface area contributed by atoms with Crippen molar-refractivity contribution in [2.45, 2.75) is 19.8 Å². The van der Waals surface area contributed by atoms with Crippen molar-refractivity contribution in [3.05, 3.63) is 23.9 Å². The lowest BCUT2D eigenvalue weighted by atomic mass is 10.2. The molecule has 0 unspecified atom stereocenters. The number of carboxylic acids is 1. The Bertz CT molecular complexity index is 369. The first kappa shape index (κ1) is 13.4. The predicted molar refractivity (Wildman–Crippen MR) is 65.4 cm³/mol. The molecule has 1 aromatic rings. The lowest BCUT2D eigenvalue weighted by Crippen LogP contribution is -2.30. The number of nitrogens with zero attached hydrogens (tertiary/aromatic N) is 2. The summed E-state index contributed by atoms with van der Waals surface area (Å²) in [6.45, 7) is 3.15. The molecule has 0 aliphatic heterocycles. The zero-order valence-corrected chi connectivity index (χ0v) is 9.96. The van der Waals surface area contributed by atoms with Gasteiger partial charge in [-0.05, 0) is 18.6 Å². The van der Waals surface area contributed by atoms with Crippen molar-refractivity contribution >= 4 is 11.8 Å². The summed E-state index contributed by atoms with van der Waals surface area (Å²) in [7, 11) is 0. The van der Waals surface area contributed by atoms with Gasteiger partial charge in [-0.15, -0.1) is 0 Å². The van der Waals surface area contributed by atoms with E-state index in [-0.39, 0.29) is 12.2 Å². The number of rotatable bonds is 7. The lowest BCUT2D eigenvalue weighted by Gasteiger charge is -2.23. The molecule has 0 fully saturated rings. The topological polar surface area (TPSA) is 73.7 Å².